The van der Waals surface area contributed by atoms with E-state index >= 15 is 0 Å². The lowest BCUT2D eigenvalue weighted by Crippen LogP contribution is -2.34. The smallest absolute Gasteiger partial charge is 0.296 e. The number of nitrogens with one attached hydrogen (secondary N) is 2. The normalized spacial score (nSPS) is 10.1. The van der Waals surface area contributed by atoms with E-state index in [1.165, 1.54) is 19.2 Å². The molecule has 2 aromatic rings. The average molecular weight is 419 g/mol. The number of benzene rings is 2. The van der Waals surface area contributed by atoms with E-state index in [9.17, 15) is 14.9 Å². The maximum absolute atomic E-state index is 12.3. The molecule has 1 amide bonds. The molecular formula is C19H21N3O6S. The van der Waals surface area contributed by atoms with Crippen molar-refractivity contribution in [3.05, 3.63) is 58.1 Å². The third-order valence-electron chi connectivity index (χ3n) is 3.69. The quantitative estimate of drug-likeness (QED) is 0.276. The molecule has 2 aromatic carbocycles. The number of thiocarbonyl (C=S) groups is 1. The fourth-order valence-corrected chi connectivity index (χ4v) is 2.49. The predicted octanol–water partition coefficient (Wildman–Crippen LogP) is 3.15. The Morgan fingerprint density at radius 2 is 1.83 bits per heavy atom. The highest BCUT2D eigenvalue weighted by molar-refractivity contribution is 7.80. The van der Waals surface area contributed by atoms with Crippen LogP contribution in [0.4, 0.5) is 11.4 Å². The third kappa shape index (κ3) is 6.70. The van der Waals surface area contributed by atoms with E-state index in [4.69, 9.17) is 26.4 Å². The monoisotopic (exact) mass is 419 g/mol. The van der Waals surface area contributed by atoms with Gasteiger partial charge in [-0.1, -0.05) is 0 Å². The number of nitro benzene ring substituents is 1. The molecule has 0 atom stereocenters. The number of methoxy groups -OCH3 is 1. The topological polar surface area (TPSA) is 112 Å². The number of ether oxygens (including phenoxy) is 3. The standard InChI is InChI=1S/C19H21N3O6S/c1-3-27-10-11-28-14-6-4-13(5-7-14)18(23)21-19(29)20-16-9-8-15(26-2)12-17(16)22(24)25/h4-9,12H,3,10-11H2,1-2H3,(H2,20,21,23,29). The fraction of sp³-hybridized carbons (Fsp3) is 0.263. The van der Waals surface area contributed by atoms with Gasteiger partial charge in [0.1, 0.15) is 23.8 Å². The minimum absolute atomic E-state index is 0.0692. The third-order valence-corrected chi connectivity index (χ3v) is 3.90. The van der Waals surface area contributed by atoms with Crippen LogP contribution in [0.25, 0.3) is 0 Å². The molecule has 0 aliphatic rings. The zero-order valence-corrected chi connectivity index (χ0v) is 16.8. The molecule has 0 heterocycles. The summed E-state index contributed by atoms with van der Waals surface area (Å²) in [5, 5.41) is 16.3. The second kappa shape index (κ2) is 10.9. The molecule has 29 heavy (non-hydrogen) atoms. The molecule has 0 saturated heterocycles. The van der Waals surface area contributed by atoms with E-state index in [1.807, 2.05) is 6.92 Å². The lowest BCUT2D eigenvalue weighted by Gasteiger charge is -2.11. The highest BCUT2D eigenvalue weighted by Crippen LogP contribution is 2.28. The van der Waals surface area contributed by atoms with E-state index in [2.05, 4.69) is 10.6 Å². The van der Waals surface area contributed by atoms with E-state index in [-0.39, 0.29) is 16.5 Å². The van der Waals surface area contributed by atoms with Crippen molar-refractivity contribution in [2.24, 2.45) is 0 Å². The van der Waals surface area contributed by atoms with Gasteiger partial charge in [-0.25, -0.2) is 0 Å². The van der Waals surface area contributed by atoms with Crippen LogP contribution in [0.2, 0.25) is 0 Å². The van der Waals surface area contributed by atoms with Crippen LogP contribution in [0.15, 0.2) is 42.5 Å². The first-order valence-corrected chi connectivity index (χ1v) is 9.10. The Hall–Kier alpha value is -3.24. The molecule has 2 rings (SSSR count). The Morgan fingerprint density at radius 1 is 1.14 bits per heavy atom. The van der Waals surface area contributed by atoms with Crippen LogP contribution in [0.1, 0.15) is 17.3 Å². The van der Waals surface area contributed by atoms with Crippen LogP contribution in [0.5, 0.6) is 11.5 Å². The molecular weight excluding hydrogens is 398 g/mol. The summed E-state index contributed by atoms with van der Waals surface area (Å²) >= 11 is 5.09. The maximum atomic E-state index is 12.3. The van der Waals surface area contributed by atoms with E-state index in [0.717, 1.165) is 0 Å². The van der Waals surface area contributed by atoms with Crippen molar-refractivity contribution in [3.63, 3.8) is 0 Å². The zero-order valence-electron chi connectivity index (χ0n) is 16.0. The zero-order chi connectivity index (χ0) is 21.2. The van der Waals surface area contributed by atoms with Crippen LogP contribution < -0.4 is 20.1 Å². The van der Waals surface area contributed by atoms with Gasteiger partial charge in [0.25, 0.3) is 11.6 Å². The number of anilines is 1. The molecule has 0 spiro atoms. The molecule has 9 nitrogen and oxygen atoms in total. The van der Waals surface area contributed by atoms with Crippen LogP contribution in [-0.2, 0) is 4.74 Å². The number of rotatable bonds is 9. The van der Waals surface area contributed by atoms with E-state index in [0.29, 0.717) is 36.9 Å². The first-order valence-electron chi connectivity index (χ1n) is 8.70. The summed E-state index contributed by atoms with van der Waals surface area (Å²) in [5.41, 5.74) is 0.268. The summed E-state index contributed by atoms with van der Waals surface area (Å²) in [7, 11) is 1.41. The second-order valence-electron chi connectivity index (χ2n) is 5.62. The number of carbonyl (C=O) groups is 1. The summed E-state index contributed by atoms with van der Waals surface area (Å²) in [6.07, 6.45) is 0. The highest BCUT2D eigenvalue weighted by Gasteiger charge is 2.17. The van der Waals surface area contributed by atoms with Crippen LogP contribution in [0.3, 0.4) is 0 Å². The Balaban J connectivity index is 1.95. The lowest BCUT2D eigenvalue weighted by molar-refractivity contribution is -0.384. The first kappa shape index (κ1) is 22.1. The summed E-state index contributed by atoms with van der Waals surface area (Å²) in [5.74, 6) is 0.483. The van der Waals surface area contributed by atoms with Crippen molar-refractivity contribution >= 4 is 34.6 Å². The minimum atomic E-state index is -0.570. The van der Waals surface area contributed by atoms with Gasteiger partial charge in [0.15, 0.2) is 5.11 Å². The van der Waals surface area contributed by atoms with Crippen molar-refractivity contribution in [3.8, 4) is 11.5 Å². The van der Waals surface area contributed by atoms with Crippen molar-refractivity contribution in [1.82, 2.24) is 5.32 Å². The Bertz CT molecular complexity index is 873. The minimum Gasteiger partial charge on any atom is -0.496 e. The number of hydrogen-bond acceptors (Lipinski definition) is 7. The molecule has 0 bridgehead atoms. The van der Waals surface area contributed by atoms with Crippen LogP contribution in [-0.4, -0.2) is 42.9 Å². The highest BCUT2D eigenvalue weighted by atomic mass is 32.1. The van der Waals surface area contributed by atoms with Gasteiger partial charge >= 0.3 is 0 Å². The molecule has 0 aliphatic carbocycles. The van der Waals surface area contributed by atoms with Crippen molar-refractivity contribution in [1.29, 1.82) is 0 Å². The Kier molecular flexibility index (Phi) is 8.31. The SMILES string of the molecule is CCOCCOc1ccc(C(=O)NC(=S)Nc2ccc(OC)cc2[N+](=O)[O-])cc1. The van der Waals surface area contributed by atoms with Crippen LogP contribution >= 0.6 is 12.2 Å². The van der Waals surface area contributed by atoms with Gasteiger partial charge in [-0.05, 0) is 55.5 Å². The molecule has 0 radical (unpaired) electrons. The van der Waals surface area contributed by atoms with Gasteiger partial charge in [0.2, 0.25) is 0 Å². The van der Waals surface area contributed by atoms with Crippen LogP contribution in [0, 0.1) is 10.1 Å². The Morgan fingerprint density at radius 3 is 2.45 bits per heavy atom. The Labute approximate surface area is 173 Å². The molecule has 0 saturated carbocycles. The lowest BCUT2D eigenvalue weighted by atomic mass is 10.2. The predicted molar refractivity (Wildman–Crippen MR) is 112 cm³/mol. The largest absolute Gasteiger partial charge is 0.496 e. The maximum Gasteiger partial charge on any atom is 0.296 e. The molecule has 10 heteroatoms. The van der Waals surface area contributed by atoms with Gasteiger partial charge in [0, 0.05) is 12.2 Å². The number of nitrogens with zero attached hydrogens (tertiary/aromatic N) is 1. The number of nitro groups is 1. The molecule has 0 aliphatic heterocycles. The average Bonchev–Trinajstić information content (AvgIpc) is 2.71. The van der Waals surface area contributed by atoms with Crippen molar-refractivity contribution < 1.29 is 23.9 Å². The number of amides is 1. The fourth-order valence-electron chi connectivity index (χ4n) is 2.29. The first-order chi connectivity index (χ1) is 13.9. The summed E-state index contributed by atoms with van der Waals surface area (Å²) < 4.78 is 15.7. The van der Waals surface area contributed by atoms with Gasteiger partial charge in [-0.2, -0.15) is 0 Å². The van der Waals surface area contributed by atoms with Gasteiger partial charge < -0.3 is 19.5 Å². The molecule has 0 fully saturated rings. The van der Waals surface area contributed by atoms with E-state index in [1.54, 1.807) is 30.3 Å². The number of carbonyl (C=O) groups excluding carboxylic acids is 1. The van der Waals surface area contributed by atoms with Crippen molar-refractivity contribution in [2.75, 3.05) is 32.2 Å². The van der Waals surface area contributed by atoms with Gasteiger partial charge in [-0.3, -0.25) is 20.2 Å². The number of hydrogen-bond donors (Lipinski definition) is 2. The molecule has 0 aromatic heterocycles. The summed E-state index contributed by atoms with van der Waals surface area (Å²) in [6, 6.07) is 10.7. The summed E-state index contributed by atoms with van der Waals surface area (Å²) in [6.45, 7) is 3.42. The summed E-state index contributed by atoms with van der Waals surface area (Å²) in [4.78, 5) is 23.0. The second-order valence-corrected chi connectivity index (χ2v) is 6.03. The molecule has 154 valence electrons. The van der Waals surface area contributed by atoms with Gasteiger partial charge in [-0.15, -0.1) is 0 Å². The molecule has 0 unspecified atom stereocenters. The van der Waals surface area contributed by atoms with Gasteiger partial charge in [0.05, 0.1) is 24.7 Å². The van der Waals surface area contributed by atoms with Crippen molar-refractivity contribution in [2.45, 2.75) is 6.92 Å². The molecule has 2 N–H and O–H groups in total. The van der Waals surface area contributed by atoms with E-state index < -0.39 is 10.8 Å².